The van der Waals surface area contributed by atoms with Crippen molar-refractivity contribution in [1.82, 2.24) is 4.90 Å². The minimum Gasteiger partial charge on any atom is -0.445 e. The number of ether oxygens (including phenoxy) is 3. The first-order chi connectivity index (χ1) is 27.7. The number of fused-ring (bicyclic) bond motifs is 1. The van der Waals surface area contributed by atoms with Crippen LogP contribution in [0.25, 0.3) is 0 Å². The predicted molar refractivity (Wildman–Crippen MR) is 249 cm³/mol. The summed E-state index contributed by atoms with van der Waals surface area (Å²) in [6.07, 6.45) is -2.95. The van der Waals surface area contributed by atoms with Gasteiger partial charge in [-0.25, -0.2) is 4.79 Å². The number of rotatable bonds is 15. The normalized spacial score (nSPS) is 22.4. The molecule has 1 N–H and O–H groups in total. The van der Waals surface area contributed by atoms with E-state index in [-0.39, 0.29) is 41.4 Å². The lowest BCUT2D eigenvalue weighted by molar-refractivity contribution is -0.173. The molecule has 0 saturated carbocycles. The first-order valence-electron chi connectivity index (χ1n) is 21.8. The Bertz CT molecular complexity index is 1800. The number of likely N-dealkylation sites (tertiary alicyclic amines) is 1. The fraction of sp³-hybridized carbons (Fsp3) is 0.604. The van der Waals surface area contributed by atoms with Gasteiger partial charge in [-0.2, -0.15) is 0 Å². The van der Waals surface area contributed by atoms with Crippen LogP contribution in [-0.2, 0) is 34.1 Å². The molecule has 0 aromatic heterocycles. The predicted octanol–water partition coefficient (Wildman–Crippen LogP) is 9.64. The van der Waals surface area contributed by atoms with E-state index in [4.69, 9.17) is 27.5 Å². The van der Waals surface area contributed by atoms with E-state index < -0.39 is 73.3 Å². The monoisotopic (exact) mass is 877 g/mol. The fourth-order valence-electron chi connectivity index (χ4n) is 8.18. The van der Waals surface area contributed by atoms with Gasteiger partial charge in [0.2, 0.25) is 0 Å². The Morgan fingerprint density at radius 3 is 1.68 bits per heavy atom. The Morgan fingerprint density at radius 2 is 1.20 bits per heavy atom. The highest BCUT2D eigenvalue weighted by Crippen LogP contribution is 2.47. The van der Waals surface area contributed by atoms with E-state index in [1.54, 1.807) is 4.90 Å². The number of hydrogen-bond acceptors (Lipinski definition) is 8. The largest absolute Gasteiger partial charge is 0.445 e. The molecule has 0 radical (unpaired) electrons. The summed E-state index contributed by atoms with van der Waals surface area (Å²) in [6, 6.07) is 29.5. The maximum absolute atomic E-state index is 15.0. The summed E-state index contributed by atoms with van der Waals surface area (Å²) < 4.78 is 41.5. The summed E-state index contributed by atoms with van der Waals surface area (Å²) in [6.45, 7) is 33.0. The van der Waals surface area contributed by atoms with Crippen molar-refractivity contribution in [3.8, 4) is 0 Å². The molecule has 0 spiro atoms. The number of nitrogens with zero attached hydrogens (tertiary/aromatic N) is 1. The van der Waals surface area contributed by atoms with Crippen LogP contribution >= 0.6 is 0 Å². The second-order valence-electron chi connectivity index (χ2n) is 21.4. The molecule has 3 aromatic carbocycles. The lowest BCUT2D eigenvalue weighted by atomic mass is 9.99. The molecule has 5 rings (SSSR count). The summed E-state index contributed by atoms with van der Waals surface area (Å²) in [5.41, 5.74) is 0.878. The number of aliphatic hydroxyl groups excluding tert-OH is 1. The van der Waals surface area contributed by atoms with Crippen LogP contribution in [0.1, 0.15) is 88.1 Å². The highest BCUT2D eigenvalue weighted by atomic mass is 28.4. The number of aliphatic hydroxyl groups is 1. The van der Waals surface area contributed by atoms with Crippen molar-refractivity contribution in [3.05, 3.63) is 96.6 Å². The first kappa shape index (κ1) is 48.4. The van der Waals surface area contributed by atoms with Gasteiger partial charge in [-0.1, -0.05) is 153 Å². The van der Waals surface area contributed by atoms with Crippen molar-refractivity contribution >= 4 is 41.4 Å². The van der Waals surface area contributed by atoms with E-state index in [1.165, 1.54) is 0 Å². The van der Waals surface area contributed by atoms with Crippen molar-refractivity contribution < 1.29 is 37.4 Å². The lowest BCUT2D eigenvalue weighted by Crippen LogP contribution is -2.67. The summed E-state index contributed by atoms with van der Waals surface area (Å²) in [5.74, 6) is -0.950. The van der Waals surface area contributed by atoms with Crippen molar-refractivity contribution in [1.29, 1.82) is 0 Å². The van der Waals surface area contributed by atoms with E-state index in [9.17, 15) is 5.11 Å². The summed E-state index contributed by atoms with van der Waals surface area (Å²) in [5, 5.41) is 13.7. The minimum absolute atomic E-state index is 0.0271. The zero-order valence-corrected chi connectivity index (χ0v) is 42.2. The van der Waals surface area contributed by atoms with Crippen LogP contribution in [0.2, 0.25) is 41.3 Å². The molecule has 0 unspecified atom stereocenters. The molecule has 332 valence electrons. The average Bonchev–Trinajstić information content (AvgIpc) is 3.62. The van der Waals surface area contributed by atoms with Crippen LogP contribution in [0.4, 0.5) is 4.79 Å². The van der Waals surface area contributed by atoms with E-state index in [2.05, 4.69) is 137 Å². The third-order valence-electron chi connectivity index (χ3n) is 13.4. The van der Waals surface area contributed by atoms with E-state index in [1.807, 2.05) is 56.3 Å². The molecule has 2 saturated heterocycles. The van der Waals surface area contributed by atoms with Crippen LogP contribution in [0.3, 0.4) is 0 Å². The molecule has 2 aliphatic rings. The minimum atomic E-state index is -3.07. The fourth-order valence-corrected chi connectivity index (χ4v) is 15.1. The maximum Gasteiger partial charge on any atom is 0.410 e. The standard InChI is InChI=1S/C48H75NO8Si3/c1-45(2,3)58(12,13)53-33-36(50)31-40(57-59(14,15)46(4,5)6)41-43-42(55-48(10,11)56-43)39(49(41)44(51)52-32-35-25-19-16-20-26-35)34-54-60(47(7,8)9,37-27-21-17-22-28-37)38-29-23-18-24-30-38/h16-30,36,39-43,50H,31-34H2,1-15H3/t36-,39+,40-,41+,42+,43-/m0/s1. The van der Waals surface area contributed by atoms with Gasteiger partial charge >= 0.3 is 6.09 Å². The molecule has 9 nitrogen and oxygen atoms in total. The summed E-state index contributed by atoms with van der Waals surface area (Å²) in [7, 11) is -7.79. The molecule has 3 aromatic rings. The maximum atomic E-state index is 15.0. The Hall–Kier alpha value is -2.66. The van der Waals surface area contributed by atoms with Gasteiger partial charge in [0.25, 0.3) is 8.32 Å². The Kier molecular flexibility index (Phi) is 14.7. The smallest absolute Gasteiger partial charge is 0.410 e. The zero-order chi connectivity index (χ0) is 44.5. The number of amides is 1. The molecule has 0 bridgehead atoms. The van der Waals surface area contributed by atoms with Crippen molar-refractivity contribution in [2.45, 2.75) is 173 Å². The highest BCUT2D eigenvalue weighted by molar-refractivity contribution is 6.99. The van der Waals surface area contributed by atoms with Crippen LogP contribution < -0.4 is 10.4 Å². The van der Waals surface area contributed by atoms with E-state index in [0.29, 0.717) is 0 Å². The molecule has 2 heterocycles. The Morgan fingerprint density at radius 1 is 0.717 bits per heavy atom. The van der Waals surface area contributed by atoms with Gasteiger partial charge in [-0.15, -0.1) is 0 Å². The summed E-state index contributed by atoms with van der Waals surface area (Å²) in [4.78, 5) is 16.8. The van der Waals surface area contributed by atoms with Crippen LogP contribution in [0, 0.1) is 0 Å². The van der Waals surface area contributed by atoms with E-state index >= 15 is 4.79 Å². The highest BCUT2D eigenvalue weighted by Gasteiger charge is 2.63. The second kappa shape index (κ2) is 18.2. The number of carbonyl (C=O) groups is 1. The van der Waals surface area contributed by atoms with Gasteiger partial charge < -0.3 is 32.6 Å². The van der Waals surface area contributed by atoms with Crippen LogP contribution in [-0.4, -0.2) is 96.6 Å². The molecule has 6 atom stereocenters. The van der Waals surface area contributed by atoms with Crippen molar-refractivity contribution in [2.24, 2.45) is 0 Å². The quantitative estimate of drug-likeness (QED) is 0.151. The Labute approximate surface area is 364 Å². The van der Waals surface area contributed by atoms with Crippen LogP contribution in [0.15, 0.2) is 91.0 Å². The molecule has 2 fully saturated rings. The van der Waals surface area contributed by atoms with Crippen molar-refractivity contribution in [3.63, 3.8) is 0 Å². The molecule has 0 aliphatic carbocycles. The van der Waals surface area contributed by atoms with Gasteiger partial charge in [-0.3, -0.25) is 4.90 Å². The molecule has 12 heteroatoms. The van der Waals surface area contributed by atoms with Crippen LogP contribution in [0.5, 0.6) is 0 Å². The third-order valence-corrected chi connectivity index (χ3v) is 27.5. The topological polar surface area (TPSA) is 95.9 Å². The molecule has 2 aliphatic heterocycles. The molecule has 60 heavy (non-hydrogen) atoms. The molecule has 1 amide bonds. The third kappa shape index (κ3) is 10.6. The number of hydrogen-bond donors (Lipinski definition) is 1. The summed E-state index contributed by atoms with van der Waals surface area (Å²) >= 11 is 0. The molecular weight excluding hydrogens is 803 g/mol. The van der Waals surface area contributed by atoms with E-state index in [0.717, 1.165) is 15.9 Å². The van der Waals surface area contributed by atoms with Crippen molar-refractivity contribution in [2.75, 3.05) is 13.2 Å². The Balaban J connectivity index is 1.64. The molecular formula is C48H75NO8Si3. The first-order valence-corrected chi connectivity index (χ1v) is 29.5. The van der Waals surface area contributed by atoms with Gasteiger partial charge in [0.15, 0.2) is 22.4 Å². The average molecular weight is 878 g/mol. The second-order valence-corrected chi connectivity index (χ2v) is 35.3. The zero-order valence-electron chi connectivity index (χ0n) is 39.2. The van der Waals surface area contributed by atoms with Gasteiger partial charge in [0, 0.05) is 6.42 Å². The van der Waals surface area contributed by atoms with Gasteiger partial charge in [-0.05, 0) is 71.1 Å². The van der Waals surface area contributed by atoms with Gasteiger partial charge in [0.1, 0.15) is 18.8 Å². The number of carbonyl (C=O) groups excluding carboxylic acids is 1. The van der Waals surface area contributed by atoms with Gasteiger partial charge in [0.05, 0.1) is 37.5 Å². The lowest BCUT2D eigenvalue weighted by Gasteiger charge is -2.46. The SMILES string of the molecule is CC1(C)O[C@@H]2[C@H](O1)[C@@H](CO[Si](c1ccccc1)(c1ccccc1)C(C)(C)C)N(C(=O)OCc1ccccc1)[C@@H]2[C@H](C[C@H](O)CO[Si](C)(C)C(C)(C)C)O[Si](C)(C)C(C)(C)C. The number of benzene rings is 3.